The molecule has 0 bridgehead atoms. The van der Waals surface area contributed by atoms with E-state index in [0.717, 1.165) is 9.78 Å². The van der Waals surface area contributed by atoms with Crippen LogP contribution in [0.15, 0.2) is 41.8 Å². The first-order valence-electron chi connectivity index (χ1n) is 10.2. The normalized spacial score (nSPS) is 27.5. The molecule has 1 N–H and O–H groups in total. The molecule has 0 spiro atoms. The van der Waals surface area contributed by atoms with Gasteiger partial charge in [-0.1, -0.05) is 31.5 Å². The van der Waals surface area contributed by atoms with Crippen molar-refractivity contribution in [1.29, 1.82) is 0 Å². The number of imide groups is 1. The number of carbonyl (C=O) groups is 4. The zero-order valence-corrected chi connectivity index (χ0v) is 18.4. The number of amides is 2. The Balaban J connectivity index is 1.85. The number of carbonyl (C=O) groups excluding carboxylic acids is 4. The van der Waals surface area contributed by atoms with Gasteiger partial charge in [0.05, 0.1) is 30.7 Å². The van der Waals surface area contributed by atoms with Crippen LogP contribution in [-0.4, -0.2) is 36.2 Å². The third kappa shape index (κ3) is 3.21. The summed E-state index contributed by atoms with van der Waals surface area (Å²) in [5.74, 6) is -3.14. The number of benzene rings is 1. The average Bonchev–Trinajstić information content (AvgIpc) is 3.45. The van der Waals surface area contributed by atoms with Crippen molar-refractivity contribution in [3.8, 4) is 0 Å². The number of rotatable bonds is 6. The van der Waals surface area contributed by atoms with Crippen LogP contribution >= 0.6 is 11.3 Å². The van der Waals surface area contributed by atoms with Gasteiger partial charge in [0.1, 0.15) is 5.54 Å². The molecule has 0 radical (unpaired) electrons. The fraction of sp³-hybridized carbons (Fsp3) is 0.391. The molecule has 0 saturated carbocycles. The summed E-state index contributed by atoms with van der Waals surface area (Å²) in [7, 11) is 1.30. The second-order valence-corrected chi connectivity index (χ2v) is 8.95. The molecular weight excluding hydrogens is 416 g/mol. The maximum Gasteiger partial charge on any atom is 0.326 e. The van der Waals surface area contributed by atoms with Crippen LogP contribution < -0.4 is 10.2 Å². The number of nitrogens with one attached hydrogen (secondary N) is 1. The van der Waals surface area contributed by atoms with E-state index in [1.807, 2.05) is 24.4 Å². The molecule has 3 heterocycles. The van der Waals surface area contributed by atoms with Gasteiger partial charge in [-0.05, 0) is 36.9 Å². The van der Waals surface area contributed by atoms with Crippen LogP contribution in [0, 0.1) is 11.8 Å². The number of hydrogen-bond donors (Lipinski definition) is 1. The van der Waals surface area contributed by atoms with Crippen LogP contribution in [0.3, 0.4) is 0 Å². The van der Waals surface area contributed by atoms with Crippen LogP contribution in [0.25, 0.3) is 0 Å². The van der Waals surface area contributed by atoms with E-state index < -0.39 is 35.3 Å². The average molecular weight is 441 g/mol. The smallest absolute Gasteiger partial charge is 0.326 e. The van der Waals surface area contributed by atoms with E-state index in [-0.39, 0.29) is 11.7 Å². The Labute approximate surface area is 184 Å². The molecule has 4 rings (SSSR count). The minimum atomic E-state index is -1.29. The Morgan fingerprint density at radius 3 is 2.58 bits per heavy atom. The molecule has 2 aliphatic heterocycles. The van der Waals surface area contributed by atoms with Crippen LogP contribution in [0.4, 0.5) is 5.69 Å². The maximum absolute atomic E-state index is 13.7. The number of esters is 1. The summed E-state index contributed by atoms with van der Waals surface area (Å²) < 4.78 is 5.11. The van der Waals surface area contributed by atoms with Crippen molar-refractivity contribution in [2.45, 2.75) is 38.3 Å². The molecule has 4 atom stereocenters. The molecule has 2 fully saturated rings. The second-order valence-electron chi connectivity index (χ2n) is 7.97. The zero-order valence-electron chi connectivity index (χ0n) is 17.6. The highest BCUT2D eigenvalue weighted by atomic mass is 32.1. The highest BCUT2D eigenvalue weighted by Crippen LogP contribution is 2.52. The van der Waals surface area contributed by atoms with E-state index in [9.17, 15) is 19.2 Å². The number of ketones is 1. The van der Waals surface area contributed by atoms with Crippen molar-refractivity contribution < 1.29 is 23.9 Å². The number of nitrogens with zero attached hydrogens (tertiary/aromatic N) is 1. The van der Waals surface area contributed by atoms with Gasteiger partial charge in [-0.15, -0.1) is 11.3 Å². The van der Waals surface area contributed by atoms with Gasteiger partial charge in [0.2, 0.25) is 11.8 Å². The van der Waals surface area contributed by atoms with E-state index >= 15 is 0 Å². The van der Waals surface area contributed by atoms with Gasteiger partial charge >= 0.3 is 5.97 Å². The second kappa shape index (κ2) is 8.01. The van der Waals surface area contributed by atoms with Crippen molar-refractivity contribution >= 4 is 40.6 Å². The summed E-state index contributed by atoms with van der Waals surface area (Å²) in [6.07, 6.45) is 0.993. The van der Waals surface area contributed by atoms with Crippen LogP contribution in [-0.2, 0) is 19.1 Å². The summed E-state index contributed by atoms with van der Waals surface area (Å²) in [6.45, 7) is 3.36. The molecule has 0 aliphatic carbocycles. The lowest BCUT2D eigenvalue weighted by Gasteiger charge is -2.32. The zero-order chi connectivity index (χ0) is 22.3. The molecule has 2 amide bonds. The summed E-state index contributed by atoms with van der Waals surface area (Å²) in [5.41, 5.74) is -0.532. The minimum absolute atomic E-state index is 0.158. The maximum atomic E-state index is 13.7. The molecular formula is C23H24N2O5S. The highest BCUT2D eigenvalue weighted by molar-refractivity contribution is 7.10. The Morgan fingerprint density at radius 1 is 1.19 bits per heavy atom. The number of anilines is 1. The van der Waals surface area contributed by atoms with Gasteiger partial charge < -0.3 is 4.74 Å². The Morgan fingerprint density at radius 2 is 1.97 bits per heavy atom. The van der Waals surface area contributed by atoms with E-state index in [1.165, 1.54) is 25.4 Å². The van der Waals surface area contributed by atoms with Crippen molar-refractivity contribution in [2.24, 2.45) is 11.8 Å². The quantitative estimate of drug-likeness (QED) is 0.422. The number of ether oxygens (including phenoxy) is 1. The number of fused-ring (bicyclic) bond motifs is 1. The number of hydrogen-bond acceptors (Lipinski definition) is 7. The number of thiophene rings is 1. The standard InChI is InChI=1S/C23H24N2O5S/c1-4-10-23(22(29)30-3)18-17(19(24-23)16-9-6-11-31-16)20(27)25(21(18)28)15-8-5-7-14(12-15)13(2)26/h5-9,11-12,17-19,24H,4,10H2,1-3H3/t17-,18-,19-,23+/m1/s1. The third-order valence-electron chi connectivity index (χ3n) is 6.21. The topological polar surface area (TPSA) is 92.8 Å². The first-order chi connectivity index (χ1) is 14.9. The first kappa shape index (κ1) is 21.4. The van der Waals surface area contributed by atoms with Crippen molar-refractivity contribution in [1.82, 2.24) is 5.32 Å². The minimum Gasteiger partial charge on any atom is -0.468 e. The Kier molecular flexibility index (Phi) is 5.53. The van der Waals surface area contributed by atoms with Gasteiger partial charge in [-0.2, -0.15) is 0 Å². The molecule has 0 unspecified atom stereocenters. The number of methoxy groups -OCH3 is 1. The number of Topliss-reactive ketones (excluding diaryl/α,β-unsaturated/α-hetero) is 1. The summed E-state index contributed by atoms with van der Waals surface area (Å²) in [4.78, 5) is 54.2. The van der Waals surface area contributed by atoms with Gasteiger partial charge in [0, 0.05) is 10.4 Å². The van der Waals surface area contributed by atoms with Gasteiger partial charge in [-0.25, -0.2) is 4.90 Å². The van der Waals surface area contributed by atoms with E-state index in [2.05, 4.69) is 5.32 Å². The fourth-order valence-corrected chi connectivity index (χ4v) is 5.75. The Hall–Kier alpha value is -2.84. The molecule has 2 aromatic rings. The first-order valence-corrected chi connectivity index (χ1v) is 11.1. The van der Waals surface area contributed by atoms with Gasteiger partial charge in [0.15, 0.2) is 5.78 Å². The lowest BCUT2D eigenvalue weighted by molar-refractivity contribution is -0.152. The molecule has 1 aromatic heterocycles. The molecule has 2 aliphatic rings. The predicted octanol–water partition coefficient (Wildman–Crippen LogP) is 3.11. The van der Waals surface area contributed by atoms with E-state index in [1.54, 1.807) is 24.3 Å². The summed E-state index contributed by atoms with van der Waals surface area (Å²) in [6, 6.07) is 9.77. The van der Waals surface area contributed by atoms with E-state index in [4.69, 9.17) is 4.74 Å². The van der Waals surface area contributed by atoms with Crippen molar-refractivity contribution in [3.63, 3.8) is 0 Å². The third-order valence-corrected chi connectivity index (χ3v) is 7.16. The fourth-order valence-electron chi connectivity index (χ4n) is 4.93. The summed E-state index contributed by atoms with van der Waals surface area (Å²) in [5, 5.41) is 5.24. The molecule has 8 heteroatoms. The lowest BCUT2D eigenvalue weighted by Crippen LogP contribution is -2.56. The molecule has 162 valence electrons. The van der Waals surface area contributed by atoms with Gasteiger partial charge in [-0.3, -0.25) is 24.5 Å². The molecule has 31 heavy (non-hydrogen) atoms. The summed E-state index contributed by atoms with van der Waals surface area (Å²) >= 11 is 1.47. The lowest BCUT2D eigenvalue weighted by atomic mass is 9.77. The largest absolute Gasteiger partial charge is 0.468 e. The Bertz CT molecular complexity index is 1050. The molecule has 2 saturated heterocycles. The van der Waals surface area contributed by atoms with Crippen molar-refractivity contribution in [3.05, 3.63) is 52.2 Å². The monoisotopic (exact) mass is 440 g/mol. The highest BCUT2D eigenvalue weighted by Gasteiger charge is 2.68. The predicted molar refractivity (Wildman–Crippen MR) is 116 cm³/mol. The van der Waals surface area contributed by atoms with Crippen LogP contribution in [0.1, 0.15) is 48.0 Å². The van der Waals surface area contributed by atoms with E-state index in [0.29, 0.717) is 24.1 Å². The van der Waals surface area contributed by atoms with Crippen molar-refractivity contribution in [2.75, 3.05) is 12.0 Å². The molecule has 7 nitrogen and oxygen atoms in total. The van der Waals surface area contributed by atoms with Gasteiger partial charge in [0.25, 0.3) is 0 Å². The SMILES string of the molecule is CCC[C@]1(C(=O)OC)N[C@H](c2cccs2)[C@@H]2C(=O)N(c3cccc(C(C)=O)c3)C(=O)[C@@H]21. The molecule has 1 aromatic carbocycles. The van der Waals surface area contributed by atoms with Crippen LogP contribution in [0.5, 0.6) is 0 Å². The van der Waals surface area contributed by atoms with Crippen LogP contribution in [0.2, 0.25) is 0 Å².